The van der Waals surface area contributed by atoms with E-state index < -0.39 is 0 Å². The van der Waals surface area contributed by atoms with Gasteiger partial charge in [0, 0.05) is 6.54 Å². The number of carbonyl (C=O) groups is 1. The topological polar surface area (TPSA) is 57.2 Å². The molecule has 6 nitrogen and oxygen atoms in total. The van der Waals surface area contributed by atoms with Crippen LogP contribution in [0.4, 0.5) is 4.79 Å². The third kappa shape index (κ3) is 5.81. The molecule has 0 radical (unpaired) electrons. The molecule has 0 bridgehead atoms. The highest BCUT2D eigenvalue weighted by molar-refractivity contribution is 5.68. The zero-order valence-electron chi connectivity index (χ0n) is 15.4. The van der Waals surface area contributed by atoms with Crippen LogP contribution in [0.1, 0.15) is 33.6 Å². The number of carbonyl (C=O) groups excluding carboxylic acids is 1. The van der Waals surface area contributed by atoms with E-state index in [-0.39, 0.29) is 18.3 Å². The number of benzene rings is 1. The average molecular weight is 351 g/mol. The molecule has 1 saturated heterocycles. The number of rotatable bonds is 8. The van der Waals surface area contributed by atoms with Crippen LogP contribution in [0.25, 0.3) is 0 Å². The van der Waals surface area contributed by atoms with E-state index in [9.17, 15) is 4.79 Å². The Labute approximate surface area is 150 Å². The van der Waals surface area contributed by atoms with Crippen molar-refractivity contribution >= 4 is 6.09 Å². The minimum absolute atomic E-state index is 0.0249. The first-order chi connectivity index (χ1) is 12.2. The van der Waals surface area contributed by atoms with E-state index in [2.05, 4.69) is 0 Å². The van der Waals surface area contributed by atoms with Crippen molar-refractivity contribution in [2.45, 2.75) is 45.8 Å². The molecule has 1 heterocycles. The van der Waals surface area contributed by atoms with Crippen LogP contribution in [0.2, 0.25) is 0 Å². The van der Waals surface area contributed by atoms with E-state index in [1.54, 1.807) is 4.90 Å². The van der Waals surface area contributed by atoms with Gasteiger partial charge < -0.3 is 23.8 Å². The van der Waals surface area contributed by atoms with Gasteiger partial charge in [0.25, 0.3) is 0 Å². The van der Waals surface area contributed by atoms with E-state index in [0.29, 0.717) is 44.4 Å². The summed E-state index contributed by atoms with van der Waals surface area (Å²) in [6, 6.07) is 7.55. The van der Waals surface area contributed by atoms with Gasteiger partial charge in [0.05, 0.1) is 19.8 Å². The third-order valence-corrected chi connectivity index (χ3v) is 4.15. The van der Waals surface area contributed by atoms with E-state index in [4.69, 9.17) is 18.9 Å². The summed E-state index contributed by atoms with van der Waals surface area (Å²) in [6.07, 6.45) is 1.18. The lowest BCUT2D eigenvalue weighted by Crippen LogP contribution is -2.48. The van der Waals surface area contributed by atoms with Crippen molar-refractivity contribution in [3.05, 3.63) is 24.3 Å². The third-order valence-electron chi connectivity index (χ3n) is 4.15. The number of para-hydroxylation sites is 2. The fourth-order valence-electron chi connectivity index (χ4n) is 2.69. The van der Waals surface area contributed by atoms with Crippen molar-refractivity contribution < 1.29 is 23.7 Å². The monoisotopic (exact) mass is 351 g/mol. The summed E-state index contributed by atoms with van der Waals surface area (Å²) in [5.74, 6) is 1.40. The lowest BCUT2D eigenvalue weighted by molar-refractivity contribution is -0.0501. The molecule has 6 heteroatoms. The van der Waals surface area contributed by atoms with Crippen LogP contribution < -0.4 is 9.47 Å². The molecule has 140 valence electrons. The zero-order valence-corrected chi connectivity index (χ0v) is 15.4. The smallest absolute Gasteiger partial charge is 0.410 e. The molecule has 1 aromatic carbocycles. The first-order valence-corrected chi connectivity index (χ1v) is 9.09. The molecule has 1 fully saturated rings. The molecular formula is C19H29NO5. The van der Waals surface area contributed by atoms with Gasteiger partial charge in [0.1, 0.15) is 18.8 Å². The van der Waals surface area contributed by atoms with Crippen LogP contribution >= 0.6 is 0 Å². The van der Waals surface area contributed by atoms with Gasteiger partial charge in [-0.3, -0.25) is 0 Å². The lowest BCUT2D eigenvalue weighted by Gasteiger charge is -2.33. The molecule has 1 amide bonds. The standard InChI is InChI=1S/C19H29NO5/c1-4-15(5-2)25-19(21)20-11-12-23-16(13-20)14-24-18-10-8-7-9-17(18)22-6-3/h7-10,15-16H,4-6,11-14H2,1-3H3/t16-/m0/s1. The largest absolute Gasteiger partial charge is 0.490 e. The molecule has 0 aromatic heterocycles. The van der Waals surface area contributed by atoms with E-state index in [1.165, 1.54) is 0 Å². The predicted molar refractivity (Wildman–Crippen MR) is 95.3 cm³/mol. The van der Waals surface area contributed by atoms with Crippen molar-refractivity contribution in [1.82, 2.24) is 4.90 Å². The van der Waals surface area contributed by atoms with Crippen molar-refractivity contribution in [3.8, 4) is 11.5 Å². The number of hydrogen-bond donors (Lipinski definition) is 0. The maximum Gasteiger partial charge on any atom is 0.410 e. The van der Waals surface area contributed by atoms with Gasteiger partial charge in [-0.25, -0.2) is 4.79 Å². The Morgan fingerprint density at radius 3 is 2.52 bits per heavy atom. The normalized spacial score (nSPS) is 17.4. The quantitative estimate of drug-likeness (QED) is 0.717. The lowest BCUT2D eigenvalue weighted by atomic mass is 10.2. The van der Waals surface area contributed by atoms with Gasteiger partial charge in [-0.2, -0.15) is 0 Å². The molecular weight excluding hydrogens is 322 g/mol. The molecule has 0 aliphatic carbocycles. The van der Waals surface area contributed by atoms with E-state index in [0.717, 1.165) is 12.8 Å². The summed E-state index contributed by atoms with van der Waals surface area (Å²) < 4.78 is 22.6. The highest BCUT2D eigenvalue weighted by Gasteiger charge is 2.27. The summed E-state index contributed by atoms with van der Waals surface area (Å²) in [5, 5.41) is 0. The van der Waals surface area contributed by atoms with Crippen molar-refractivity contribution in [2.75, 3.05) is 32.9 Å². The second kappa shape index (κ2) is 10.1. The summed E-state index contributed by atoms with van der Waals surface area (Å²) >= 11 is 0. The summed E-state index contributed by atoms with van der Waals surface area (Å²) in [6.45, 7) is 8.42. The fourth-order valence-corrected chi connectivity index (χ4v) is 2.69. The molecule has 2 rings (SSSR count). The molecule has 1 aliphatic rings. The van der Waals surface area contributed by atoms with Gasteiger partial charge in [-0.1, -0.05) is 26.0 Å². The van der Waals surface area contributed by atoms with Gasteiger partial charge in [-0.15, -0.1) is 0 Å². The van der Waals surface area contributed by atoms with Crippen molar-refractivity contribution in [2.24, 2.45) is 0 Å². The predicted octanol–water partition coefficient (Wildman–Crippen LogP) is 3.49. The Morgan fingerprint density at radius 1 is 1.20 bits per heavy atom. The van der Waals surface area contributed by atoms with Crippen LogP contribution in [0.3, 0.4) is 0 Å². The highest BCUT2D eigenvalue weighted by Crippen LogP contribution is 2.26. The van der Waals surface area contributed by atoms with E-state index >= 15 is 0 Å². The van der Waals surface area contributed by atoms with Gasteiger partial charge in [-0.05, 0) is 31.9 Å². The number of amides is 1. The number of nitrogens with zero attached hydrogens (tertiary/aromatic N) is 1. The Hall–Kier alpha value is -1.95. The summed E-state index contributed by atoms with van der Waals surface area (Å²) in [7, 11) is 0. The molecule has 25 heavy (non-hydrogen) atoms. The molecule has 0 spiro atoms. The van der Waals surface area contributed by atoms with Gasteiger partial charge >= 0.3 is 6.09 Å². The average Bonchev–Trinajstić information content (AvgIpc) is 2.65. The van der Waals surface area contributed by atoms with Gasteiger partial charge in [0.15, 0.2) is 11.5 Å². The first kappa shape index (κ1) is 19.4. The van der Waals surface area contributed by atoms with Crippen LogP contribution in [0.5, 0.6) is 11.5 Å². The molecule has 0 N–H and O–H groups in total. The van der Waals surface area contributed by atoms with Crippen molar-refractivity contribution in [3.63, 3.8) is 0 Å². The molecule has 1 aromatic rings. The Bertz CT molecular complexity index is 532. The number of ether oxygens (including phenoxy) is 4. The Morgan fingerprint density at radius 2 is 1.88 bits per heavy atom. The molecule has 1 aliphatic heterocycles. The molecule has 0 saturated carbocycles. The molecule has 0 unspecified atom stereocenters. The minimum Gasteiger partial charge on any atom is -0.490 e. The summed E-state index contributed by atoms with van der Waals surface area (Å²) in [5.41, 5.74) is 0. The molecule has 1 atom stereocenters. The number of hydrogen-bond acceptors (Lipinski definition) is 5. The fraction of sp³-hybridized carbons (Fsp3) is 0.632. The first-order valence-electron chi connectivity index (χ1n) is 9.09. The van der Waals surface area contributed by atoms with Crippen LogP contribution in [0.15, 0.2) is 24.3 Å². The van der Waals surface area contributed by atoms with Crippen LogP contribution in [0, 0.1) is 0 Å². The highest BCUT2D eigenvalue weighted by atomic mass is 16.6. The Kier molecular flexibility index (Phi) is 7.85. The SMILES string of the molecule is CCOc1ccccc1OC[C@@H]1CN(C(=O)OC(CC)CC)CCO1. The van der Waals surface area contributed by atoms with Crippen LogP contribution in [-0.4, -0.2) is 56.1 Å². The maximum atomic E-state index is 12.3. The number of morpholine rings is 1. The zero-order chi connectivity index (χ0) is 18.1. The summed E-state index contributed by atoms with van der Waals surface area (Å²) in [4.78, 5) is 14.0. The Balaban J connectivity index is 1.86. The van der Waals surface area contributed by atoms with E-state index in [1.807, 2.05) is 45.0 Å². The second-order valence-corrected chi connectivity index (χ2v) is 5.95. The van der Waals surface area contributed by atoms with Gasteiger partial charge in [0.2, 0.25) is 0 Å². The van der Waals surface area contributed by atoms with Crippen molar-refractivity contribution in [1.29, 1.82) is 0 Å². The van der Waals surface area contributed by atoms with Crippen LogP contribution in [-0.2, 0) is 9.47 Å². The second-order valence-electron chi connectivity index (χ2n) is 5.95. The maximum absolute atomic E-state index is 12.3. The minimum atomic E-state index is -0.267.